The van der Waals surface area contributed by atoms with Crippen LogP contribution in [0.1, 0.15) is 51.1 Å². The molecule has 4 rings (SSSR count). The van der Waals surface area contributed by atoms with E-state index in [1.54, 1.807) is 0 Å². The fourth-order valence-corrected chi connectivity index (χ4v) is 4.45. The maximum atomic E-state index is 12.8. The third-order valence-electron chi connectivity index (χ3n) is 5.58. The Morgan fingerprint density at radius 1 is 1.11 bits per heavy atom. The highest BCUT2D eigenvalue weighted by atomic mass is 79.9. The van der Waals surface area contributed by atoms with E-state index in [2.05, 4.69) is 15.9 Å². The third kappa shape index (κ3) is 3.41. The minimum atomic E-state index is -0.485. The van der Waals surface area contributed by atoms with Gasteiger partial charge in [-0.05, 0) is 55.3 Å². The minimum absolute atomic E-state index is 0.0339. The van der Waals surface area contributed by atoms with Gasteiger partial charge in [0.25, 0.3) is 5.91 Å². The summed E-state index contributed by atoms with van der Waals surface area (Å²) in [5.74, 6) is 0.893. The summed E-state index contributed by atoms with van der Waals surface area (Å²) in [4.78, 5) is 27.4. The molecule has 2 aromatic rings. The Bertz CT molecular complexity index is 912. The van der Waals surface area contributed by atoms with Crippen molar-refractivity contribution in [1.82, 2.24) is 4.90 Å². The Balaban J connectivity index is 1.51. The molecular formula is C22H22BrNO3. The minimum Gasteiger partial charge on any atom is -0.486 e. The molecule has 0 radical (unpaired) electrons. The van der Waals surface area contributed by atoms with Gasteiger partial charge >= 0.3 is 0 Å². The average molecular weight is 428 g/mol. The normalized spacial score (nSPS) is 18.2. The quantitative estimate of drug-likeness (QED) is 0.661. The second-order valence-corrected chi connectivity index (χ2v) is 8.55. The average Bonchev–Trinajstić information content (AvgIpc) is 2.61. The van der Waals surface area contributed by atoms with Crippen molar-refractivity contribution in [2.75, 3.05) is 13.1 Å². The molecule has 1 saturated heterocycles. The predicted octanol–water partition coefficient (Wildman–Crippen LogP) is 4.71. The number of aryl methyl sites for hydroxylation is 2. The van der Waals surface area contributed by atoms with E-state index >= 15 is 0 Å². The highest BCUT2D eigenvalue weighted by Crippen LogP contribution is 2.41. The number of halogens is 1. The lowest BCUT2D eigenvalue weighted by atomic mass is 9.81. The van der Waals surface area contributed by atoms with Gasteiger partial charge in [-0.1, -0.05) is 22.0 Å². The van der Waals surface area contributed by atoms with Crippen LogP contribution >= 0.6 is 15.9 Å². The summed E-state index contributed by atoms with van der Waals surface area (Å²) in [6, 6.07) is 11.4. The maximum absolute atomic E-state index is 12.8. The lowest BCUT2D eigenvalue weighted by molar-refractivity contribution is -0.00580. The van der Waals surface area contributed by atoms with Crippen molar-refractivity contribution >= 4 is 27.6 Å². The Morgan fingerprint density at radius 2 is 1.78 bits per heavy atom. The number of carbonyl (C=O) groups excluding carboxylic acids is 2. The first-order valence-corrected chi connectivity index (χ1v) is 10.0. The zero-order valence-corrected chi connectivity index (χ0v) is 17.1. The molecule has 1 amide bonds. The molecule has 0 bridgehead atoms. The number of carbonyl (C=O) groups is 2. The molecule has 1 spiro atoms. The van der Waals surface area contributed by atoms with Gasteiger partial charge in [-0.3, -0.25) is 9.59 Å². The van der Waals surface area contributed by atoms with Crippen LogP contribution in [0.25, 0.3) is 0 Å². The van der Waals surface area contributed by atoms with E-state index < -0.39 is 5.60 Å². The number of likely N-dealkylation sites (tertiary alicyclic amines) is 1. The van der Waals surface area contributed by atoms with Gasteiger partial charge in [-0.2, -0.15) is 0 Å². The molecule has 0 unspecified atom stereocenters. The fourth-order valence-electron chi connectivity index (χ4n) is 4.19. The van der Waals surface area contributed by atoms with Gasteiger partial charge in [0.05, 0.1) is 12.0 Å². The zero-order chi connectivity index (χ0) is 19.2. The number of rotatable bonds is 1. The van der Waals surface area contributed by atoms with Crippen molar-refractivity contribution in [1.29, 1.82) is 0 Å². The number of nitrogens with zero attached hydrogens (tertiary/aromatic N) is 1. The lowest BCUT2D eigenvalue weighted by Crippen LogP contribution is -2.52. The standard InChI is InChI=1S/C22H22BrNO3/c1-14-11-15(2)20-18(25)13-22(27-19(20)12-14)7-9-24(10-8-22)21(26)16-3-5-17(23)6-4-16/h3-6,11-12H,7-10,13H2,1-2H3. The van der Waals surface area contributed by atoms with E-state index in [0.29, 0.717) is 43.7 Å². The summed E-state index contributed by atoms with van der Waals surface area (Å²) in [5, 5.41) is 0. The summed E-state index contributed by atoms with van der Waals surface area (Å²) in [6.45, 7) is 5.18. The van der Waals surface area contributed by atoms with Crippen molar-refractivity contribution in [3.63, 3.8) is 0 Å². The lowest BCUT2D eigenvalue weighted by Gasteiger charge is -2.44. The van der Waals surface area contributed by atoms with Crippen molar-refractivity contribution in [2.45, 2.75) is 38.7 Å². The SMILES string of the molecule is Cc1cc(C)c2c(c1)OC1(CCN(C(=O)c3ccc(Br)cc3)CC1)CC2=O. The molecular weight excluding hydrogens is 406 g/mol. The van der Waals surface area contributed by atoms with Crippen LogP contribution in [0.4, 0.5) is 0 Å². The van der Waals surface area contributed by atoms with E-state index in [1.165, 1.54) is 0 Å². The topological polar surface area (TPSA) is 46.6 Å². The molecule has 4 nitrogen and oxygen atoms in total. The van der Waals surface area contributed by atoms with Crippen LogP contribution in [0.3, 0.4) is 0 Å². The van der Waals surface area contributed by atoms with Crippen LogP contribution in [0, 0.1) is 13.8 Å². The van der Waals surface area contributed by atoms with Crippen molar-refractivity contribution in [2.24, 2.45) is 0 Å². The molecule has 1 fully saturated rings. The number of hydrogen-bond acceptors (Lipinski definition) is 3. The van der Waals surface area contributed by atoms with Crippen LogP contribution < -0.4 is 4.74 Å². The summed E-state index contributed by atoms with van der Waals surface area (Å²) >= 11 is 3.39. The molecule has 2 heterocycles. The van der Waals surface area contributed by atoms with Crippen molar-refractivity contribution < 1.29 is 14.3 Å². The highest BCUT2D eigenvalue weighted by molar-refractivity contribution is 9.10. The fraction of sp³-hybridized carbons (Fsp3) is 0.364. The Hall–Kier alpha value is -2.14. The van der Waals surface area contributed by atoms with Gasteiger partial charge in [-0.15, -0.1) is 0 Å². The molecule has 2 aromatic carbocycles. The van der Waals surface area contributed by atoms with Gasteiger partial charge in [0.2, 0.25) is 0 Å². The second-order valence-electron chi connectivity index (χ2n) is 7.64. The van der Waals surface area contributed by atoms with Crippen molar-refractivity contribution in [3.05, 3.63) is 63.1 Å². The largest absolute Gasteiger partial charge is 0.486 e. The van der Waals surface area contributed by atoms with E-state index in [1.807, 2.05) is 55.1 Å². The number of ketones is 1. The Morgan fingerprint density at radius 3 is 2.44 bits per heavy atom. The molecule has 0 aromatic heterocycles. The van der Waals surface area contributed by atoms with Crippen LogP contribution in [0.2, 0.25) is 0 Å². The van der Waals surface area contributed by atoms with E-state index in [0.717, 1.165) is 21.2 Å². The number of fused-ring (bicyclic) bond motifs is 1. The van der Waals surface area contributed by atoms with Crippen LogP contribution in [0.5, 0.6) is 5.75 Å². The molecule has 140 valence electrons. The van der Waals surface area contributed by atoms with E-state index in [-0.39, 0.29) is 11.7 Å². The smallest absolute Gasteiger partial charge is 0.253 e. The summed E-state index contributed by atoms with van der Waals surface area (Å²) in [5.41, 5.74) is 3.00. The summed E-state index contributed by atoms with van der Waals surface area (Å²) in [7, 11) is 0. The van der Waals surface area contributed by atoms with Gasteiger partial charge in [0.1, 0.15) is 11.4 Å². The monoisotopic (exact) mass is 427 g/mol. The van der Waals surface area contributed by atoms with Gasteiger partial charge in [0.15, 0.2) is 5.78 Å². The summed E-state index contributed by atoms with van der Waals surface area (Å²) in [6.07, 6.45) is 1.74. The second kappa shape index (κ2) is 6.79. The summed E-state index contributed by atoms with van der Waals surface area (Å²) < 4.78 is 7.33. The molecule has 0 atom stereocenters. The molecule has 0 aliphatic carbocycles. The van der Waals surface area contributed by atoms with Crippen LogP contribution in [0.15, 0.2) is 40.9 Å². The Kier molecular flexibility index (Phi) is 4.58. The van der Waals surface area contributed by atoms with E-state index in [9.17, 15) is 9.59 Å². The molecule has 27 heavy (non-hydrogen) atoms. The van der Waals surface area contributed by atoms with E-state index in [4.69, 9.17) is 4.74 Å². The number of hydrogen-bond donors (Lipinski definition) is 0. The molecule has 5 heteroatoms. The van der Waals surface area contributed by atoms with Crippen LogP contribution in [-0.2, 0) is 0 Å². The van der Waals surface area contributed by atoms with Gasteiger partial charge in [0, 0.05) is 36.0 Å². The number of ether oxygens (including phenoxy) is 1. The number of piperidine rings is 1. The maximum Gasteiger partial charge on any atom is 0.253 e. The number of Topliss-reactive ketones (excluding diaryl/α,β-unsaturated/α-hetero) is 1. The first kappa shape index (κ1) is 18.2. The number of benzene rings is 2. The first-order valence-electron chi connectivity index (χ1n) is 9.25. The molecule has 0 N–H and O–H groups in total. The van der Waals surface area contributed by atoms with Crippen LogP contribution in [-0.4, -0.2) is 35.3 Å². The zero-order valence-electron chi connectivity index (χ0n) is 15.5. The first-order chi connectivity index (χ1) is 12.9. The van der Waals surface area contributed by atoms with Gasteiger partial charge < -0.3 is 9.64 Å². The van der Waals surface area contributed by atoms with Crippen molar-refractivity contribution in [3.8, 4) is 5.75 Å². The highest BCUT2D eigenvalue weighted by Gasteiger charge is 2.44. The molecule has 2 aliphatic rings. The number of amides is 1. The molecule has 2 aliphatic heterocycles. The predicted molar refractivity (Wildman–Crippen MR) is 108 cm³/mol. The third-order valence-corrected chi connectivity index (χ3v) is 6.11. The van der Waals surface area contributed by atoms with Gasteiger partial charge in [-0.25, -0.2) is 0 Å². The Labute approximate surface area is 167 Å². The molecule has 0 saturated carbocycles.